The number of likely N-dealkylation sites (tertiary alicyclic amines) is 1. The summed E-state index contributed by atoms with van der Waals surface area (Å²) in [6.07, 6.45) is 2.26. The normalized spacial score (nSPS) is 30.6. The lowest BCUT2D eigenvalue weighted by Gasteiger charge is -2.37. The third-order valence-electron chi connectivity index (χ3n) is 4.10. The molecule has 0 aromatic carbocycles. The summed E-state index contributed by atoms with van der Waals surface area (Å²) in [4.78, 5) is 16.4. The Labute approximate surface area is 115 Å². The minimum absolute atomic E-state index is 0.132. The second-order valence-electron chi connectivity index (χ2n) is 5.96. The highest BCUT2D eigenvalue weighted by molar-refractivity contribution is 5.78. The van der Waals surface area contributed by atoms with E-state index < -0.39 is 0 Å². The summed E-state index contributed by atoms with van der Waals surface area (Å²) in [6.45, 7) is 8.08. The summed E-state index contributed by atoms with van der Waals surface area (Å²) in [7, 11) is 0. The molecule has 0 bridgehead atoms. The van der Waals surface area contributed by atoms with Gasteiger partial charge in [0.1, 0.15) is 0 Å². The Morgan fingerprint density at radius 1 is 1.21 bits per heavy atom. The Kier molecular flexibility index (Phi) is 5.19. The van der Waals surface area contributed by atoms with Crippen LogP contribution in [0.15, 0.2) is 0 Å². The molecule has 0 radical (unpaired) electrons. The van der Waals surface area contributed by atoms with Crippen LogP contribution in [0.25, 0.3) is 0 Å². The second kappa shape index (κ2) is 6.68. The average molecular weight is 270 g/mol. The van der Waals surface area contributed by atoms with Gasteiger partial charge in [0.25, 0.3) is 0 Å². The average Bonchev–Trinajstić information content (AvgIpc) is 2.38. The van der Waals surface area contributed by atoms with Gasteiger partial charge in [-0.1, -0.05) is 0 Å². The fourth-order valence-corrected chi connectivity index (χ4v) is 3.00. The minimum Gasteiger partial charge on any atom is -0.396 e. The fourth-order valence-electron chi connectivity index (χ4n) is 3.00. The molecule has 2 fully saturated rings. The van der Waals surface area contributed by atoms with Crippen molar-refractivity contribution >= 4 is 5.91 Å². The molecule has 2 aliphatic heterocycles. The Morgan fingerprint density at radius 2 is 1.79 bits per heavy atom. The maximum Gasteiger partial charge on any atom is 0.236 e. The molecule has 2 heterocycles. The topological polar surface area (TPSA) is 53.0 Å². The third-order valence-corrected chi connectivity index (χ3v) is 4.10. The van der Waals surface area contributed by atoms with Crippen molar-refractivity contribution in [2.75, 3.05) is 39.3 Å². The number of morpholine rings is 1. The van der Waals surface area contributed by atoms with E-state index in [4.69, 9.17) is 9.84 Å². The molecule has 0 aromatic heterocycles. The zero-order valence-electron chi connectivity index (χ0n) is 12.0. The maximum atomic E-state index is 12.3. The molecular formula is C14H26N2O3. The fraction of sp³-hybridized carbons (Fsp3) is 0.929. The summed E-state index contributed by atoms with van der Waals surface area (Å²) in [6, 6.07) is 0. The highest BCUT2D eigenvalue weighted by Gasteiger charge is 2.28. The van der Waals surface area contributed by atoms with E-state index in [1.165, 1.54) is 0 Å². The van der Waals surface area contributed by atoms with Crippen molar-refractivity contribution in [1.29, 1.82) is 0 Å². The van der Waals surface area contributed by atoms with Crippen molar-refractivity contribution in [1.82, 2.24) is 9.80 Å². The molecule has 0 aromatic rings. The van der Waals surface area contributed by atoms with Crippen LogP contribution in [0.5, 0.6) is 0 Å². The molecule has 1 N–H and O–H groups in total. The van der Waals surface area contributed by atoms with E-state index in [1.54, 1.807) is 0 Å². The van der Waals surface area contributed by atoms with Crippen molar-refractivity contribution in [2.45, 2.75) is 38.9 Å². The van der Waals surface area contributed by atoms with E-state index in [9.17, 15) is 4.79 Å². The van der Waals surface area contributed by atoms with Gasteiger partial charge in [-0.05, 0) is 45.7 Å². The first-order valence-corrected chi connectivity index (χ1v) is 7.35. The number of nitrogens with zero attached hydrogens (tertiary/aromatic N) is 2. The summed E-state index contributed by atoms with van der Waals surface area (Å²) in [5, 5.41) is 9.11. The highest BCUT2D eigenvalue weighted by atomic mass is 16.5. The van der Waals surface area contributed by atoms with Crippen molar-refractivity contribution in [2.24, 2.45) is 5.92 Å². The van der Waals surface area contributed by atoms with E-state index in [2.05, 4.69) is 4.90 Å². The zero-order chi connectivity index (χ0) is 13.8. The maximum absolute atomic E-state index is 12.3. The summed E-state index contributed by atoms with van der Waals surface area (Å²) in [5.74, 6) is 0.638. The van der Waals surface area contributed by atoms with Gasteiger partial charge in [-0.2, -0.15) is 0 Å². The van der Waals surface area contributed by atoms with Gasteiger partial charge in [0.2, 0.25) is 5.91 Å². The van der Waals surface area contributed by atoms with Crippen LogP contribution >= 0.6 is 0 Å². The molecule has 2 atom stereocenters. The van der Waals surface area contributed by atoms with Gasteiger partial charge >= 0.3 is 0 Å². The van der Waals surface area contributed by atoms with E-state index in [-0.39, 0.29) is 24.7 Å². The van der Waals surface area contributed by atoms with Crippen molar-refractivity contribution in [3.8, 4) is 0 Å². The summed E-state index contributed by atoms with van der Waals surface area (Å²) < 4.78 is 5.65. The largest absolute Gasteiger partial charge is 0.396 e. The van der Waals surface area contributed by atoms with E-state index in [0.29, 0.717) is 25.6 Å². The van der Waals surface area contributed by atoms with Crippen molar-refractivity contribution in [3.63, 3.8) is 0 Å². The van der Waals surface area contributed by atoms with Crippen LogP contribution in [-0.2, 0) is 9.53 Å². The zero-order valence-corrected chi connectivity index (χ0v) is 12.0. The summed E-state index contributed by atoms with van der Waals surface area (Å²) in [5.41, 5.74) is 0. The number of carbonyl (C=O) groups excluding carboxylic acids is 1. The van der Waals surface area contributed by atoms with Gasteiger partial charge in [0.15, 0.2) is 0 Å². The molecule has 1 amide bonds. The van der Waals surface area contributed by atoms with Crippen LogP contribution in [0.3, 0.4) is 0 Å². The number of piperidine rings is 1. The predicted octanol–water partition coefficient (Wildman–Crippen LogP) is 0.327. The lowest BCUT2D eigenvalue weighted by molar-refractivity contribution is -0.144. The van der Waals surface area contributed by atoms with Crippen molar-refractivity contribution < 1.29 is 14.6 Å². The SMILES string of the molecule is CC1CN(C(=O)CN2CCC(CO)CC2)CC(C)O1. The Balaban J connectivity index is 1.78. The van der Waals surface area contributed by atoms with Crippen LogP contribution in [-0.4, -0.2) is 72.4 Å². The number of hydrogen-bond donors (Lipinski definition) is 1. The van der Waals surface area contributed by atoms with Gasteiger partial charge in [-0.25, -0.2) is 0 Å². The monoisotopic (exact) mass is 270 g/mol. The van der Waals surface area contributed by atoms with E-state index in [0.717, 1.165) is 25.9 Å². The first kappa shape index (κ1) is 14.8. The number of ether oxygens (including phenoxy) is 1. The van der Waals surface area contributed by atoms with Crippen LogP contribution in [0.1, 0.15) is 26.7 Å². The van der Waals surface area contributed by atoms with Crippen LogP contribution < -0.4 is 0 Å². The lowest BCUT2D eigenvalue weighted by atomic mass is 9.98. The number of amides is 1. The van der Waals surface area contributed by atoms with Crippen LogP contribution in [0.2, 0.25) is 0 Å². The molecule has 2 unspecified atom stereocenters. The molecule has 0 saturated carbocycles. The first-order chi connectivity index (χ1) is 9.08. The van der Waals surface area contributed by atoms with Gasteiger partial charge in [0, 0.05) is 19.7 Å². The summed E-state index contributed by atoms with van der Waals surface area (Å²) >= 11 is 0. The standard InChI is InChI=1S/C14H26N2O3/c1-11-7-16(8-12(2)19-11)14(18)9-15-5-3-13(10-17)4-6-15/h11-13,17H,3-10H2,1-2H3. The number of rotatable bonds is 3. The number of aliphatic hydroxyl groups is 1. The molecule has 0 aliphatic carbocycles. The van der Waals surface area contributed by atoms with Gasteiger partial charge < -0.3 is 14.7 Å². The molecule has 2 saturated heterocycles. The molecular weight excluding hydrogens is 244 g/mol. The number of carbonyl (C=O) groups is 1. The Morgan fingerprint density at radius 3 is 2.32 bits per heavy atom. The molecule has 2 rings (SSSR count). The van der Waals surface area contributed by atoms with Gasteiger partial charge in [-0.3, -0.25) is 9.69 Å². The number of hydrogen-bond acceptors (Lipinski definition) is 4. The predicted molar refractivity (Wildman–Crippen MR) is 72.8 cm³/mol. The molecule has 110 valence electrons. The molecule has 5 heteroatoms. The lowest BCUT2D eigenvalue weighted by Crippen LogP contribution is -2.51. The Bertz CT molecular complexity index is 293. The molecule has 19 heavy (non-hydrogen) atoms. The van der Waals surface area contributed by atoms with Crippen molar-refractivity contribution in [3.05, 3.63) is 0 Å². The van der Waals surface area contributed by atoms with E-state index in [1.807, 2.05) is 18.7 Å². The van der Waals surface area contributed by atoms with E-state index >= 15 is 0 Å². The quantitative estimate of drug-likeness (QED) is 0.803. The van der Waals surface area contributed by atoms with Gasteiger partial charge in [0.05, 0.1) is 18.8 Å². The minimum atomic E-state index is 0.132. The van der Waals surface area contributed by atoms with Crippen LogP contribution in [0, 0.1) is 5.92 Å². The van der Waals surface area contributed by atoms with Crippen LogP contribution in [0.4, 0.5) is 0 Å². The number of aliphatic hydroxyl groups excluding tert-OH is 1. The molecule has 0 spiro atoms. The third kappa shape index (κ3) is 4.16. The molecule has 2 aliphatic rings. The molecule has 5 nitrogen and oxygen atoms in total. The smallest absolute Gasteiger partial charge is 0.236 e. The Hall–Kier alpha value is -0.650. The second-order valence-corrected chi connectivity index (χ2v) is 5.96. The van der Waals surface area contributed by atoms with Gasteiger partial charge in [-0.15, -0.1) is 0 Å². The first-order valence-electron chi connectivity index (χ1n) is 7.35. The highest BCUT2D eigenvalue weighted by Crippen LogP contribution is 2.17.